The van der Waals surface area contributed by atoms with E-state index in [1.165, 1.54) is 0 Å². The molecule has 0 aromatic heterocycles. The van der Waals surface area contributed by atoms with Crippen molar-refractivity contribution in [2.75, 3.05) is 34.5 Å². The Morgan fingerprint density at radius 3 is 2.47 bits per heavy atom. The standard InChI is InChI=1S/C14H22ClNO3/c1-5-6-16-12(9-17-2)10-7-11(15)14(19-4)13(8-10)18-3/h7-8,12,16H,5-6,9H2,1-4H3. The van der Waals surface area contributed by atoms with Crippen LogP contribution in [-0.4, -0.2) is 34.5 Å². The molecule has 1 rings (SSSR count). The third kappa shape index (κ3) is 4.27. The Labute approximate surface area is 120 Å². The highest BCUT2D eigenvalue weighted by molar-refractivity contribution is 6.32. The van der Waals surface area contributed by atoms with Gasteiger partial charge in [0, 0.05) is 7.11 Å². The van der Waals surface area contributed by atoms with E-state index in [-0.39, 0.29) is 6.04 Å². The molecule has 1 unspecified atom stereocenters. The number of rotatable bonds is 8. The van der Waals surface area contributed by atoms with Crippen molar-refractivity contribution in [1.29, 1.82) is 0 Å². The van der Waals surface area contributed by atoms with Gasteiger partial charge in [0.15, 0.2) is 11.5 Å². The molecule has 0 radical (unpaired) electrons. The van der Waals surface area contributed by atoms with E-state index in [1.54, 1.807) is 21.3 Å². The molecule has 1 atom stereocenters. The summed E-state index contributed by atoms with van der Waals surface area (Å²) in [4.78, 5) is 0. The molecule has 0 aliphatic rings. The number of nitrogens with one attached hydrogen (secondary N) is 1. The SMILES string of the molecule is CCCNC(COC)c1cc(Cl)c(OC)c(OC)c1. The molecule has 5 heteroatoms. The van der Waals surface area contributed by atoms with Crippen LogP contribution in [0.4, 0.5) is 0 Å². The zero-order chi connectivity index (χ0) is 14.3. The molecule has 0 amide bonds. The summed E-state index contributed by atoms with van der Waals surface area (Å²) < 4.78 is 15.8. The first-order chi connectivity index (χ1) is 9.17. The van der Waals surface area contributed by atoms with Crippen molar-refractivity contribution in [3.8, 4) is 11.5 Å². The molecule has 1 aromatic rings. The fraction of sp³-hybridized carbons (Fsp3) is 0.571. The second kappa shape index (κ2) is 8.25. The molecule has 1 aromatic carbocycles. The molecule has 0 saturated heterocycles. The molecule has 19 heavy (non-hydrogen) atoms. The first-order valence-electron chi connectivity index (χ1n) is 6.31. The van der Waals surface area contributed by atoms with Crippen LogP contribution in [-0.2, 0) is 4.74 Å². The number of benzene rings is 1. The molecular formula is C14H22ClNO3. The Kier molecular flexibility index (Phi) is 6.99. The van der Waals surface area contributed by atoms with Gasteiger partial charge in [-0.1, -0.05) is 18.5 Å². The van der Waals surface area contributed by atoms with Gasteiger partial charge in [-0.15, -0.1) is 0 Å². The van der Waals surface area contributed by atoms with Crippen LogP contribution in [0.1, 0.15) is 24.9 Å². The Morgan fingerprint density at radius 1 is 1.21 bits per heavy atom. The summed E-state index contributed by atoms with van der Waals surface area (Å²) in [5, 5.41) is 3.96. The van der Waals surface area contributed by atoms with Gasteiger partial charge in [0.05, 0.1) is 31.9 Å². The number of hydrogen-bond acceptors (Lipinski definition) is 4. The van der Waals surface area contributed by atoms with Gasteiger partial charge in [-0.3, -0.25) is 0 Å². The lowest BCUT2D eigenvalue weighted by atomic mass is 10.1. The second-order valence-electron chi connectivity index (χ2n) is 4.20. The van der Waals surface area contributed by atoms with E-state index in [9.17, 15) is 0 Å². The highest BCUT2D eigenvalue weighted by atomic mass is 35.5. The minimum atomic E-state index is 0.0854. The van der Waals surface area contributed by atoms with E-state index in [0.29, 0.717) is 23.1 Å². The minimum absolute atomic E-state index is 0.0854. The van der Waals surface area contributed by atoms with E-state index in [0.717, 1.165) is 18.5 Å². The molecule has 0 bridgehead atoms. The zero-order valence-electron chi connectivity index (χ0n) is 12.0. The summed E-state index contributed by atoms with van der Waals surface area (Å²) in [6.45, 7) is 3.62. The van der Waals surface area contributed by atoms with Crippen LogP contribution >= 0.6 is 11.6 Å². The van der Waals surface area contributed by atoms with E-state index < -0.39 is 0 Å². The van der Waals surface area contributed by atoms with Gasteiger partial charge >= 0.3 is 0 Å². The highest BCUT2D eigenvalue weighted by Gasteiger charge is 2.16. The van der Waals surface area contributed by atoms with Crippen molar-refractivity contribution < 1.29 is 14.2 Å². The first-order valence-corrected chi connectivity index (χ1v) is 6.69. The number of ether oxygens (including phenoxy) is 3. The van der Waals surface area contributed by atoms with Gasteiger partial charge < -0.3 is 19.5 Å². The highest BCUT2D eigenvalue weighted by Crippen LogP contribution is 2.37. The summed E-state index contributed by atoms with van der Waals surface area (Å²) in [6, 6.07) is 3.90. The van der Waals surface area contributed by atoms with Crippen LogP contribution in [0.5, 0.6) is 11.5 Å². The lowest BCUT2D eigenvalue weighted by molar-refractivity contribution is 0.167. The Balaban J connectivity index is 3.05. The van der Waals surface area contributed by atoms with Crippen molar-refractivity contribution in [1.82, 2.24) is 5.32 Å². The molecule has 0 heterocycles. The second-order valence-corrected chi connectivity index (χ2v) is 4.61. The molecule has 108 valence electrons. The molecule has 1 N–H and O–H groups in total. The largest absolute Gasteiger partial charge is 0.493 e. The summed E-state index contributed by atoms with van der Waals surface area (Å²) >= 11 is 6.22. The average molecular weight is 288 g/mol. The maximum Gasteiger partial charge on any atom is 0.179 e. The van der Waals surface area contributed by atoms with Gasteiger partial charge in [-0.05, 0) is 30.7 Å². The molecule has 0 spiro atoms. The molecule has 0 fully saturated rings. The maximum absolute atomic E-state index is 6.22. The third-order valence-electron chi connectivity index (χ3n) is 2.83. The smallest absolute Gasteiger partial charge is 0.179 e. The van der Waals surface area contributed by atoms with Crippen molar-refractivity contribution >= 4 is 11.6 Å². The minimum Gasteiger partial charge on any atom is -0.493 e. The van der Waals surface area contributed by atoms with Gasteiger partial charge in [0.2, 0.25) is 0 Å². The predicted octanol–water partition coefficient (Wildman–Crippen LogP) is 3.04. The van der Waals surface area contributed by atoms with Crippen molar-refractivity contribution in [2.45, 2.75) is 19.4 Å². The van der Waals surface area contributed by atoms with Crippen LogP contribution in [0.3, 0.4) is 0 Å². The lowest BCUT2D eigenvalue weighted by Crippen LogP contribution is -2.26. The van der Waals surface area contributed by atoms with E-state index in [1.807, 2.05) is 12.1 Å². The van der Waals surface area contributed by atoms with Gasteiger partial charge in [-0.2, -0.15) is 0 Å². The average Bonchev–Trinajstić information content (AvgIpc) is 2.42. The van der Waals surface area contributed by atoms with Crippen LogP contribution in [0.2, 0.25) is 5.02 Å². The van der Waals surface area contributed by atoms with Gasteiger partial charge in [0.25, 0.3) is 0 Å². The van der Waals surface area contributed by atoms with E-state index in [4.69, 9.17) is 25.8 Å². The number of methoxy groups -OCH3 is 3. The molecule has 0 aliphatic carbocycles. The lowest BCUT2D eigenvalue weighted by Gasteiger charge is -2.20. The summed E-state index contributed by atoms with van der Waals surface area (Å²) in [6.07, 6.45) is 1.06. The maximum atomic E-state index is 6.22. The van der Waals surface area contributed by atoms with E-state index >= 15 is 0 Å². The quantitative estimate of drug-likeness (QED) is 0.798. The fourth-order valence-corrected chi connectivity index (χ4v) is 2.19. The van der Waals surface area contributed by atoms with Crippen molar-refractivity contribution in [2.24, 2.45) is 0 Å². The summed E-state index contributed by atoms with van der Waals surface area (Å²) in [7, 11) is 4.86. The van der Waals surface area contributed by atoms with Crippen LogP contribution in [0, 0.1) is 0 Å². The summed E-state index contributed by atoms with van der Waals surface area (Å²) in [5.41, 5.74) is 1.03. The van der Waals surface area contributed by atoms with Gasteiger partial charge in [0.1, 0.15) is 0 Å². The van der Waals surface area contributed by atoms with Crippen molar-refractivity contribution in [3.05, 3.63) is 22.7 Å². The first kappa shape index (κ1) is 16.1. The van der Waals surface area contributed by atoms with Crippen LogP contribution in [0.15, 0.2) is 12.1 Å². The Hall–Kier alpha value is -0.970. The van der Waals surface area contributed by atoms with E-state index in [2.05, 4.69) is 12.2 Å². The zero-order valence-corrected chi connectivity index (χ0v) is 12.7. The number of halogens is 1. The fourth-order valence-electron chi connectivity index (χ4n) is 1.90. The Bertz CT molecular complexity index is 399. The molecule has 0 saturated carbocycles. The third-order valence-corrected chi connectivity index (χ3v) is 3.11. The van der Waals surface area contributed by atoms with Crippen molar-refractivity contribution in [3.63, 3.8) is 0 Å². The predicted molar refractivity (Wildman–Crippen MR) is 77.5 cm³/mol. The van der Waals surface area contributed by atoms with Crippen LogP contribution < -0.4 is 14.8 Å². The normalized spacial score (nSPS) is 12.3. The summed E-state index contributed by atoms with van der Waals surface area (Å²) in [5.74, 6) is 1.18. The monoisotopic (exact) mass is 287 g/mol. The van der Waals surface area contributed by atoms with Gasteiger partial charge in [-0.25, -0.2) is 0 Å². The topological polar surface area (TPSA) is 39.7 Å². The number of hydrogen-bond donors (Lipinski definition) is 1. The molecule has 0 aliphatic heterocycles. The Morgan fingerprint density at radius 2 is 1.95 bits per heavy atom. The molecular weight excluding hydrogens is 266 g/mol. The van der Waals surface area contributed by atoms with Crippen LogP contribution in [0.25, 0.3) is 0 Å². The molecule has 4 nitrogen and oxygen atoms in total.